The molecule has 0 aromatic heterocycles. The van der Waals surface area contributed by atoms with Gasteiger partial charge in [-0.05, 0) is 37.0 Å². The van der Waals surface area contributed by atoms with Crippen LogP contribution in [0.25, 0.3) is 0 Å². The highest BCUT2D eigenvalue weighted by Crippen LogP contribution is 2.23. The summed E-state index contributed by atoms with van der Waals surface area (Å²) in [5.74, 6) is 0. The van der Waals surface area contributed by atoms with E-state index in [9.17, 15) is 5.11 Å². The Morgan fingerprint density at radius 1 is 1.24 bits per heavy atom. The van der Waals surface area contributed by atoms with Crippen LogP contribution in [0.5, 0.6) is 0 Å². The molecule has 0 aliphatic heterocycles. The zero-order valence-electron chi connectivity index (χ0n) is 9.96. The van der Waals surface area contributed by atoms with Gasteiger partial charge in [0.1, 0.15) is 0 Å². The lowest BCUT2D eigenvalue weighted by Gasteiger charge is -2.11. The van der Waals surface area contributed by atoms with E-state index in [0.717, 1.165) is 18.6 Å². The van der Waals surface area contributed by atoms with Gasteiger partial charge in [0.15, 0.2) is 0 Å². The Labute approximate surface area is 113 Å². The van der Waals surface area contributed by atoms with Crippen molar-refractivity contribution in [3.05, 3.63) is 33.8 Å². The first-order chi connectivity index (χ1) is 8.13. The second kappa shape index (κ2) is 7.93. The molecule has 1 aromatic rings. The maximum atomic E-state index is 9.81. The topological polar surface area (TPSA) is 29.5 Å². The third-order valence-electron chi connectivity index (χ3n) is 2.40. The number of hydrogen-bond acceptors (Lipinski definition) is 2. The SMILES string of the molecule is CCCOCCC(O)Cc1ccc(Cl)c(Cl)c1. The van der Waals surface area contributed by atoms with Crippen molar-refractivity contribution in [1.29, 1.82) is 0 Å². The monoisotopic (exact) mass is 276 g/mol. The molecular weight excluding hydrogens is 259 g/mol. The molecule has 4 heteroatoms. The van der Waals surface area contributed by atoms with Crippen molar-refractivity contribution < 1.29 is 9.84 Å². The van der Waals surface area contributed by atoms with Gasteiger partial charge in [0.05, 0.1) is 16.1 Å². The van der Waals surface area contributed by atoms with Gasteiger partial charge >= 0.3 is 0 Å². The molecule has 17 heavy (non-hydrogen) atoms. The smallest absolute Gasteiger partial charge is 0.0602 e. The van der Waals surface area contributed by atoms with Crippen LogP contribution in [-0.4, -0.2) is 24.4 Å². The van der Waals surface area contributed by atoms with Crippen LogP contribution in [0.4, 0.5) is 0 Å². The van der Waals surface area contributed by atoms with Crippen LogP contribution in [0.1, 0.15) is 25.3 Å². The summed E-state index contributed by atoms with van der Waals surface area (Å²) in [4.78, 5) is 0. The van der Waals surface area contributed by atoms with E-state index in [-0.39, 0.29) is 0 Å². The summed E-state index contributed by atoms with van der Waals surface area (Å²) < 4.78 is 5.33. The van der Waals surface area contributed by atoms with Gasteiger partial charge in [-0.1, -0.05) is 36.2 Å². The molecule has 0 amide bonds. The Kier molecular flexibility index (Phi) is 6.90. The lowest BCUT2D eigenvalue weighted by atomic mass is 10.1. The van der Waals surface area contributed by atoms with Gasteiger partial charge in [-0.3, -0.25) is 0 Å². The second-order valence-electron chi connectivity index (χ2n) is 4.01. The third-order valence-corrected chi connectivity index (χ3v) is 3.14. The zero-order valence-corrected chi connectivity index (χ0v) is 11.5. The third kappa shape index (κ3) is 5.73. The molecule has 1 N–H and O–H groups in total. The van der Waals surface area contributed by atoms with Crippen molar-refractivity contribution >= 4 is 23.2 Å². The number of halogens is 2. The molecule has 0 aliphatic carbocycles. The highest BCUT2D eigenvalue weighted by molar-refractivity contribution is 6.42. The quantitative estimate of drug-likeness (QED) is 0.770. The molecule has 0 fully saturated rings. The number of rotatable bonds is 7. The van der Waals surface area contributed by atoms with E-state index < -0.39 is 6.10 Å². The Morgan fingerprint density at radius 3 is 2.65 bits per heavy atom. The minimum absolute atomic E-state index is 0.399. The Morgan fingerprint density at radius 2 is 2.00 bits per heavy atom. The molecular formula is C13H18Cl2O2. The van der Waals surface area contributed by atoms with E-state index in [1.807, 2.05) is 6.07 Å². The zero-order chi connectivity index (χ0) is 12.7. The van der Waals surface area contributed by atoms with E-state index >= 15 is 0 Å². The minimum atomic E-state index is -0.399. The van der Waals surface area contributed by atoms with Crippen molar-refractivity contribution in [1.82, 2.24) is 0 Å². The average Bonchev–Trinajstić information content (AvgIpc) is 2.30. The van der Waals surface area contributed by atoms with Gasteiger partial charge in [-0.2, -0.15) is 0 Å². The fraction of sp³-hybridized carbons (Fsp3) is 0.538. The fourth-order valence-corrected chi connectivity index (χ4v) is 1.83. The van der Waals surface area contributed by atoms with E-state index in [1.165, 1.54) is 0 Å². The molecule has 0 saturated carbocycles. The number of benzene rings is 1. The summed E-state index contributed by atoms with van der Waals surface area (Å²) in [5, 5.41) is 10.9. The van der Waals surface area contributed by atoms with Crippen molar-refractivity contribution in [3.8, 4) is 0 Å². The van der Waals surface area contributed by atoms with Gasteiger partial charge in [-0.15, -0.1) is 0 Å². The number of aliphatic hydroxyl groups excluding tert-OH is 1. The molecule has 2 nitrogen and oxygen atoms in total. The summed E-state index contributed by atoms with van der Waals surface area (Å²) >= 11 is 11.7. The standard InChI is InChI=1S/C13H18Cl2O2/c1-2-6-17-7-5-11(16)8-10-3-4-12(14)13(15)9-10/h3-4,9,11,16H,2,5-8H2,1H3. The summed E-state index contributed by atoms with van der Waals surface area (Å²) in [6, 6.07) is 5.42. The maximum Gasteiger partial charge on any atom is 0.0602 e. The molecule has 1 unspecified atom stereocenters. The lowest BCUT2D eigenvalue weighted by Crippen LogP contribution is -2.13. The van der Waals surface area contributed by atoms with Crippen molar-refractivity contribution in [2.75, 3.05) is 13.2 Å². The maximum absolute atomic E-state index is 9.81. The summed E-state index contributed by atoms with van der Waals surface area (Å²) in [5.41, 5.74) is 0.988. The van der Waals surface area contributed by atoms with Gasteiger partial charge in [-0.25, -0.2) is 0 Å². The molecule has 96 valence electrons. The normalized spacial score (nSPS) is 12.7. The van der Waals surface area contributed by atoms with Crippen molar-refractivity contribution in [2.24, 2.45) is 0 Å². The summed E-state index contributed by atoms with van der Waals surface area (Å²) in [6.07, 6.45) is 1.82. The lowest BCUT2D eigenvalue weighted by molar-refractivity contribution is 0.0824. The molecule has 0 heterocycles. The number of aliphatic hydroxyl groups is 1. The van der Waals surface area contributed by atoms with Crippen LogP contribution >= 0.6 is 23.2 Å². The predicted octanol–water partition coefficient (Wildman–Crippen LogP) is 3.71. The molecule has 1 aromatic carbocycles. The summed E-state index contributed by atoms with van der Waals surface area (Å²) in [6.45, 7) is 3.40. The highest BCUT2D eigenvalue weighted by Gasteiger charge is 2.07. The predicted molar refractivity (Wildman–Crippen MR) is 71.9 cm³/mol. The first kappa shape index (κ1) is 14.8. The largest absolute Gasteiger partial charge is 0.393 e. The first-order valence-corrected chi connectivity index (χ1v) is 6.58. The van der Waals surface area contributed by atoms with Crippen LogP contribution in [-0.2, 0) is 11.2 Å². The molecule has 0 bridgehead atoms. The van der Waals surface area contributed by atoms with Crippen molar-refractivity contribution in [3.63, 3.8) is 0 Å². The second-order valence-corrected chi connectivity index (χ2v) is 4.82. The first-order valence-electron chi connectivity index (χ1n) is 5.83. The molecule has 0 aliphatic rings. The molecule has 1 atom stereocenters. The van der Waals surface area contributed by atoms with Gasteiger partial charge < -0.3 is 9.84 Å². The van der Waals surface area contributed by atoms with E-state index in [4.69, 9.17) is 27.9 Å². The highest BCUT2D eigenvalue weighted by atomic mass is 35.5. The van der Waals surface area contributed by atoms with Crippen LogP contribution < -0.4 is 0 Å². The molecule has 0 saturated heterocycles. The minimum Gasteiger partial charge on any atom is -0.393 e. The number of hydrogen-bond donors (Lipinski definition) is 1. The Bertz CT molecular complexity index is 342. The fourth-order valence-electron chi connectivity index (χ4n) is 1.51. The number of ether oxygens (including phenoxy) is 1. The van der Waals surface area contributed by atoms with Crippen molar-refractivity contribution in [2.45, 2.75) is 32.3 Å². The molecule has 0 radical (unpaired) electrons. The van der Waals surface area contributed by atoms with E-state index in [2.05, 4.69) is 6.92 Å². The van der Waals surface area contributed by atoms with Gasteiger partial charge in [0, 0.05) is 13.2 Å². The molecule has 1 rings (SSSR count). The summed E-state index contributed by atoms with van der Waals surface area (Å²) in [7, 11) is 0. The van der Waals surface area contributed by atoms with Gasteiger partial charge in [0.2, 0.25) is 0 Å². The van der Waals surface area contributed by atoms with E-state index in [0.29, 0.717) is 29.5 Å². The van der Waals surface area contributed by atoms with Crippen LogP contribution in [0.3, 0.4) is 0 Å². The van der Waals surface area contributed by atoms with E-state index in [1.54, 1.807) is 12.1 Å². The Balaban J connectivity index is 2.34. The Hall–Kier alpha value is -0.280. The van der Waals surface area contributed by atoms with Crippen LogP contribution in [0, 0.1) is 0 Å². The van der Waals surface area contributed by atoms with Crippen LogP contribution in [0.2, 0.25) is 10.0 Å². The van der Waals surface area contributed by atoms with Crippen LogP contribution in [0.15, 0.2) is 18.2 Å². The average molecular weight is 277 g/mol. The van der Waals surface area contributed by atoms with Gasteiger partial charge in [0.25, 0.3) is 0 Å². The molecule has 0 spiro atoms.